The second-order valence-electron chi connectivity index (χ2n) is 11.2. The lowest BCUT2D eigenvalue weighted by molar-refractivity contribution is -0.194. The van der Waals surface area contributed by atoms with Crippen LogP contribution in [0.4, 0.5) is 0 Å². The van der Waals surface area contributed by atoms with Crippen molar-refractivity contribution in [2.45, 2.75) is 71.9 Å². The predicted octanol–water partition coefficient (Wildman–Crippen LogP) is 2.10. The zero-order valence-electron chi connectivity index (χ0n) is 23.6. The highest BCUT2D eigenvalue weighted by atomic mass is 16.7. The molecule has 0 spiro atoms. The van der Waals surface area contributed by atoms with Crippen LogP contribution < -0.4 is 10.6 Å². The SMILES string of the molecule is CN[C@H](C(=O)NC(C(=O)N(C)C/C=C(\C)C(=O)ON1C(=O)CCC1=O)C(C)(C)C)C(C)(C)c1ccccc1. The fourth-order valence-corrected chi connectivity index (χ4v) is 4.21. The van der Waals surface area contributed by atoms with E-state index in [1.54, 1.807) is 14.1 Å². The first kappa shape index (κ1) is 30.7. The Morgan fingerprint density at radius 3 is 2.08 bits per heavy atom. The third-order valence-corrected chi connectivity index (χ3v) is 6.74. The molecule has 0 aliphatic carbocycles. The lowest BCUT2D eigenvalue weighted by Gasteiger charge is -2.38. The first-order chi connectivity index (χ1) is 17.6. The van der Waals surface area contributed by atoms with E-state index in [1.807, 2.05) is 65.0 Å². The number of carbonyl (C=O) groups is 5. The number of hydrogen-bond acceptors (Lipinski definition) is 7. The number of benzene rings is 1. The Labute approximate surface area is 224 Å². The van der Waals surface area contributed by atoms with E-state index in [1.165, 1.54) is 17.9 Å². The molecule has 0 bridgehead atoms. The summed E-state index contributed by atoms with van der Waals surface area (Å²) in [7, 11) is 3.28. The van der Waals surface area contributed by atoms with Crippen molar-refractivity contribution < 1.29 is 28.8 Å². The Bertz CT molecular complexity index is 1070. The van der Waals surface area contributed by atoms with Crippen molar-refractivity contribution in [1.82, 2.24) is 20.6 Å². The molecule has 2 rings (SSSR count). The maximum absolute atomic E-state index is 13.5. The Kier molecular flexibility index (Phi) is 9.97. The van der Waals surface area contributed by atoms with Crippen LogP contribution >= 0.6 is 0 Å². The van der Waals surface area contributed by atoms with Gasteiger partial charge in [0.15, 0.2) is 0 Å². The summed E-state index contributed by atoms with van der Waals surface area (Å²) >= 11 is 0. The number of likely N-dealkylation sites (N-methyl/N-ethyl adjacent to an activating group) is 2. The predicted molar refractivity (Wildman–Crippen MR) is 142 cm³/mol. The van der Waals surface area contributed by atoms with E-state index in [0.29, 0.717) is 5.06 Å². The molecule has 2 atom stereocenters. The minimum Gasteiger partial charge on any atom is -0.342 e. The van der Waals surface area contributed by atoms with Gasteiger partial charge in [-0.15, -0.1) is 5.06 Å². The summed E-state index contributed by atoms with van der Waals surface area (Å²) in [6, 6.07) is 8.23. The first-order valence-corrected chi connectivity index (χ1v) is 12.6. The molecule has 1 aromatic carbocycles. The minimum atomic E-state index is -0.852. The molecule has 38 heavy (non-hydrogen) atoms. The quantitative estimate of drug-likeness (QED) is 0.352. The van der Waals surface area contributed by atoms with Crippen LogP contribution in [0.25, 0.3) is 0 Å². The molecule has 1 saturated heterocycles. The van der Waals surface area contributed by atoms with Crippen molar-refractivity contribution in [2.24, 2.45) is 5.41 Å². The molecule has 1 aliphatic heterocycles. The summed E-state index contributed by atoms with van der Waals surface area (Å²) in [6.45, 7) is 11.1. The zero-order valence-corrected chi connectivity index (χ0v) is 23.6. The smallest absolute Gasteiger partial charge is 0.342 e. The van der Waals surface area contributed by atoms with Crippen LogP contribution in [0, 0.1) is 5.41 Å². The highest BCUT2D eigenvalue weighted by Crippen LogP contribution is 2.28. The Morgan fingerprint density at radius 1 is 1.03 bits per heavy atom. The molecular formula is C28H40N4O6. The van der Waals surface area contributed by atoms with E-state index >= 15 is 0 Å². The topological polar surface area (TPSA) is 125 Å². The molecule has 1 heterocycles. The summed E-state index contributed by atoms with van der Waals surface area (Å²) in [5.41, 5.74) is -0.0522. The van der Waals surface area contributed by atoms with Crippen molar-refractivity contribution in [2.75, 3.05) is 20.6 Å². The molecule has 10 nitrogen and oxygen atoms in total. The largest absolute Gasteiger partial charge is 0.359 e. The second kappa shape index (κ2) is 12.3. The number of hydroxylamine groups is 2. The van der Waals surface area contributed by atoms with Crippen molar-refractivity contribution in [3.05, 3.63) is 47.5 Å². The van der Waals surface area contributed by atoms with Crippen molar-refractivity contribution >= 4 is 29.6 Å². The highest BCUT2D eigenvalue weighted by Gasteiger charge is 2.40. The van der Waals surface area contributed by atoms with E-state index in [9.17, 15) is 24.0 Å². The fraction of sp³-hybridized carbons (Fsp3) is 0.536. The fourth-order valence-electron chi connectivity index (χ4n) is 4.21. The lowest BCUT2D eigenvalue weighted by Crippen LogP contribution is -2.60. The number of carbonyl (C=O) groups excluding carboxylic acids is 5. The van der Waals surface area contributed by atoms with E-state index < -0.39 is 40.7 Å². The van der Waals surface area contributed by atoms with Crippen LogP contribution in [0.5, 0.6) is 0 Å². The van der Waals surface area contributed by atoms with E-state index in [4.69, 9.17) is 4.84 Å². The van der Waals surface area contributed by atoms with Gasteiger partial charge in [-0.1, -0.05) is 71.0 Å². The molecule has 0 aromatic heterocycles. The maximum Gasteiger partial charge on any atom is 0.359 e. The number of nitrogens with zero attached hydrogens (tertiary/aromatic N) is 2. The molecule has 10 heteroatoms. The van der Waals surface area contributed by atoms with Gasteiger partial charge in [-0.05, 0) is 24.9 Å². The molecule has 1 aromatic rings. The first-order valence-electron chi connectivity index (χ1n) is 12.6. The molecule has 1 unspecified atom stereocenters. The third kappa shape index (κ3) is 7.28. The van der Waals surface area contributed by atoms with E-state index in [2.05, 4.69) is 10.6 Å². The molecule has 0 saturated carbocycles. The molecule has 1 aliphatic rings. The zero-order chi connectivity index (χ0) is 28.8. The average molecular weight is 529 g/mol. The van der Waals surface area contributed by atoms with Gasteiger partial charge in [0.2, 0.25) is 11.8 Å². The summed E-state index contributed by atoms with van der Waals surface area (Å²) in [6.07, 6.45) is 1.48. The van der Waals surface area contributed by atoms with Crippen molar-refractivity contribution in [1.29, 1.82) is 0 Å². The van der Waals surface area contributed by atoms with Crippen LogP contribution in [0.1, 0.15) is 59.9 Å². The molecule has 0 radical (unpaired) electrons. The Hall–Kier alpha value is -3.53. The number of hydrogen-bond donors (Lipinski definition) is 2. The molecule has 4 amide bonds. The standard InChI is InChI=1S/C28H40N4O6/c1-18(26(37)38-32-20(33)14-15-21(32)34)16-17-31(8)25(36)23(27(2,3)4)30-24(35)22(29-7)28(5,6)19-12-10-9-11-13-19/h9-13,16,22-23,29H,14-15,17H2,1-8H3,(H,30,35)/b18-16+/t22-,23?/m1/s1. The Balaban J connectivity index is 2.13. The van der Waals surface area contributed by atoms with Gasteiger partial charge in [-0.25, -0.2) is 4.79 Å². The van der Waals surface area contributed by atoms with Gasteiger partial charge in [0, 0.05) is 37.4 Å². The molecular weight excluding hydrogens is 488 g/mol. The van der Waals surface area contributed by atoms with Crippen molar-refractivity contribution in [3.63, 3.8) is 0 Å². The highest BCUT2D eigenvalue weighted by molar-refractivity contribution is 6.02. The third-order valence-electron chi connectivity index (χ3n) is 6.74. The number of nitrogens with one attached hydrogen (secondary N) is 2. The average Bonchev–Trinajstić information content (AvgIpc) is 3.17. The number of amides is 4. The summed E-state index contributed by atoms with van der Waals surface area (Å²) in [4.78, 5) is 68.9. The van der Waals surface area contributed by atoms with Crippen molar-refractivity contribution in [3.8, 4) is 0 Å². The summed E-state index contributed by atoms with van der Waals surface area (Å²) in [5, 5.41) is 6.53. The number of rotatable bonds is 10. The van der Waals surface area contributed by atoms with Crippen LogP contribution in [0.3, 0.4) is 0 Å². The minimum absolute atomic E-state index is 0.00294. The van der Waals surface area contributed by atoms with E-state index in [-0.39, 0.29) is 36.8 Å². The Morgan fingerprint density at radius 2 is 1.58 bits per heavy atom. The lowest BCUT2D eigenvalue weighted by atomic mass is 9.76. The van der Waals surface area contributed by atoms with Crippen LogP contribution in [0.2, 0.25) is 0 Å². The van der Waals surface area contributed by atoms with Gasteiger partial charge in [0.25, 0.3) is 11.8 Å². The van der Waals surface area contributed by atoms with Gasteiger partial charge in [-0.3, -0.25) is 19.2 Å². The van der Waals surface area contributed by atoms with Crippen LogP contribution in [-0.4, -0.2) is 72.3 Å². The van der Waals surface area contributed by atoms with Gasteiger partial charge in [0.05, 0.1) is 6.04 Å². The monoisotopic (exact) mass is 528 g/mol. The van der Waals surface area contributed by atoms with Crippen LogP contribution in [0.15, 0.2) is 42.0 Å². The van der Waals surface area contributed by atoms with Gasteiger partial charge < -0.3 is 20.4 Å². The van der Waals surface area contributed by atoms with Gasteiger partial charge in [-0.2, -0.15) is 0 Å². The van der Waals surface area contributed by atoms with Gasteiger partial charge in [0.1, 0.15) is 6.04 Å². The van der Waals surface area contributed by atoms with Gasteiger partial charge >= 0.3 is 5.97 Å². The van der Waals surface area contributed by atoms with E-state index in [0.717, 1.165) is 5.56 Å². The van der Waals surface area contributed by atoms with Crippen LogP contribution in [-0.2, 0) is 34.2 Å². The maximum atomic E-state index is 13.5. The molecule has 208 valence electrons. The second-order valence-corrected chi connectivity index (χ2v) is 11.2. The molecule has 2 N–H and O–H groups in total. The summed E-state index contributed by atoms with van der Waals surface area (Å²) < 4.78 is 0. The summed E-state index contributed by atoms with van der Waals surface area (Å²) in [5.74, 6) is -2.63. The molecule has 1 fully saturated rings. The normalized spacial score (nSPS) is 16.2. The number of imide groups is 1.